The maximum atomic E-state index is 12.0. The summed E-state index contributed by atoms with van der Waals surface area (Å²) >= 11 is 0. The Morgan fingerprint density at radius 1 is 1.58 bits per heavy atom. The normalized spacial score (nSPS) is 22.7. The monoisotopic (exact) mass is 267 g/mol. The van der Waals surface area contributed by atoms with Crippen LogP contribution in [0.3, 0.4) is 0 Å². The Kier molecular flexibility index (Phi) is 3.57. The zero-order chi connectivity index (χ0) is 14.0. The topological polar surface area (TPSA) is 93.5 Å². The molecule has 1 aromatic heterocycles. The Balaban J connectivity index is 2.13. The summed E-state index contributed by atoms with van der Waals surface area (Å²) in [4.78, 5) is 23.3. The zero-order valence-electron chi connectivity index (χ0n) is 10.9. The Morgan fingerprint density at radius 3 is 2.79 bits per heavy atom. The van der Waals surface area contributed by atoms with E-state index in [-0.39, 0.29) is 24.8 Å². The van der Waals surface area contributed by atoms with Crippen molar-refractivity contribution in [3.05, 3.63) is 18.0 Å². The van der Waals surface area contributed by atoms with Crippen LogP contribution in [0.25, 0.3) is 0 Å². The molecule has 0 saturated carbocycles. The molecule has 19 heavy (non-hydrogen) atoms. The lowest BCUT2D eigenvalue weighted by Crippen LogP contribution is -2.55. The molecule has 2 rings (SSSR count). The second-order valence-corrected chi connectivity index (χ2v) is 4.92. The summed E-state index contributed by atoms with van der Waals surface area (Å²) < 4.78 is 6.73. The van der Waals surface area contributed by atoms with Crippen molar-refractivity contribution in [2.24, 2.45) is 0 Å². The molecule has 0 aliphatic carbocycles. The molecule has 1 aromatic rings. The van der Waals surface area contributed by atoms with Crippen LogP contribution in [0.1, 0.15) is 36.8 Å². The first-order valence-electron chi connectivity index (χ1n) is 6.13. The van der Waals surface area contributed by atoms with Crippen molar-refractivity contribution >= 4 is 11.9 Å². The summed E-state index contributed by atoms with van der Waals surface area (Å²) in [6.07, 6.45) is 1.96. The van der Waals surface area contributed by atoms with E-state index in [1.54, 1.807) is 16.9 Å². The van der Waals surface area contributed by atoms with Gasteiger partial charge in [0.2, 0.25) is 0 Å². The molecule has 7 heteroatoms. The molecule has 0 radical (unpaired) electrons. The first kappa shape index (κ1) is 13.5. The predicted octanol–water partition coefficient (Wildman–Crippen LogP) is 0.437. The number of aliphatic carboxylic acids is 1. The molecular formula is C12H17N3O4. The van der Waals surface area contributed by atoms with E-state index in [1.807, 2.05) is 13.8 Å². The van der Waals surface area contributed by atoms with Gasteiger partial charge in [0.25, 0.3) is 5.91 Å². The van der Waals surface area contributed by atoms with E-state index >= 15 is 0 Å². The van der Waals surface area contributed by atoms with Crippen molar-refractivity contribution in [3.63, 3.8) is 0 Å². The molecule has 1 saturated heterocycles. The highest BCUT2D eigenvalue weighted by atomic mass is 16.5. The highest BCUT2D eigenvalue weighted by Crippen LogP contribution is 2.19. The van der Waals surface area contributed by atoms with Crippen molar-refractivity contribution in [3.8, 4) is 0 Å². The maximum Gasteiger partial charge on any atom is 0.331 e. The number of carbonyl (C=O) groups excluding carboxylic acids is 1. The number of rotatable bonds is 4. The minimum Gasteiger partial charge on any atom is -0.479 e. The van der Waals surface area contributed by atoms with E-state index in [1.165, 1.54) is 0 Å². The van der Waals surface area contributed by atoms with Crippen molar-refractivity contribution in [2.75, 3.05) is 13.2 Å². The first-order chi connectivity index (χ1) is 8.94. The van der Waals surface area contributed by atoms with E-state index in [4.69, 9.17) is 4.74 Å². The third-order valence-electron chi connectivity index (χ3n) is 3.15. The number of ether oxygens (including phenoxy) is 1. The average Bonchev–Trinajstić information content (AvgIpc) is 2.97. The molecule has 0 bridgehead atoms. The van der Waals surface area contributed by atoms with E-state index in [0.29, 0.717) is 6.61 Å². The highest BCUT2D eigenvalue weighted by Gasteiger charge is 2.44. The van der Waals surface area contributed by atoms with Gasteiger partial charge >= 0.3 is 5.97 Å². The van der Waals surface area contributed by atoms with Crippen LogP contribution in [0.5, 0.6) is 0 Å². The van der Waals surface area contributed by atoms with Crippen LogP contribution in [0, 0.1) is 0 Å². The van der Waals surface area contributed by atoms with Gasteiger partial charge in [-0.2, -0.15) is 5.10 Å². The standard InChI is InChI=1S/C12H17N3O4/c1-8(2)15-5-3-9(14-15)10(16)13-12(11(17)18)4-6-19-7-12/h3,5,8H,4,6-7H2,1-2H3,(H,13,16)(H,17,18). The van der Waals surface area contributed by atoms with E-state index < -0.39 is 17.4 Å². The number of nitrogens with one attached hydrogen (secondary N) is 1. The van der Waals surface area contributed by atoms with Crippen molar-refractivity contribution < 1.29 is 19.4 Å². The van der Waals surface area contributed by atoms with Crippen LogP contribution in [-0.4, -0.2) is 45.5 Å². The molecule has 1 atom stereocenters. The fourth-order valence-corrected chi connectivity index (χ4v) is 1.91. The van der Waals surface area contributed by atoms with Gasteiger partial charge in [-0.15, -0.1) is 0 Å². The molecular weight excluding hydrogens is 250 g/mol. The Labute approximate surface area is 110 Å². The Hall–Kier alpha value is -1.89. The maximum absolute atomic E-state index is 12.0. The van der Waals surface area contributed by atoms with Crippen LogP contribution in [0.15, 0.2) is 12.3 Å². The van der Waals surface area contributed by atoms with Crippen LogP contribution < -0.4 is 5.32 Å². The summed E-state index contributed by atoms with van der Waals surface area (Å²) in [7, 11) is 0. The predicted molar refractivity (Wildman–Crippen MR) is 65.9 cm³/mol. The number of carbonyl (C=O) groups is 2. The van der Waals surface area contributed by atoms with Crippen molar-refractivity contribution in [1.82, 2.24) is 15.1 Å². The van der Waals surface area contributed by atoms with Gasteiger partial charge in [0.15, 0.2) is 5.54 Å². The lowest BCUT2D eigenvalue weighted by Gasteiger charge is -2.23. The van der Waals surface area contributed by atoms with Gasteiger partial charge in [0, 0.05) is 25.3 Å². The first-order valence-corrected chi connectivity index (χ1v) is 6.13. The fraction of sp³-hybridized carbons (Fsp3) is 0.583. The number of carboxylic acids is 1. The van der Waals surface area contributed by atoms with E-state index in [2.05, 4.69) is 10.4 Å². The van der Waals surface area contributed by atoms with Crippen LogP contribution in [0.2, 0.25) is 0 Å². The third kappa shape index (κ3) is 2.60. The summed E-state index contributed by atoms with van der Waals surface area (Å²) in [5.41, 5.74) is -1.13. The molecule has 2 N–H and O–H groups in total. The molecule has 0 spiro atoms. The van der Waals surface area contributed by atoms with Crippen LogP contribution >= 0.6 is 0 Å². The number of aromatic nitrogens is 2. The van der Waals surface area contributed by atoms with Gasteiger partial charge in [-0.25, -0.2) is 4.79 Å². The number of amides is 1. The van der Waals surface area contributed by atoms with Gasteiger partial charge < -0.3 is 15.2 Å². The summed E-state index contributed by atoms with van der Waals surface area (Å²) in [6, 6.07) is 1.71. The quantitative estimate of drug-likeness (QED) is 0.825. The SMILES string of the molecule is CC(C)n1ccc(C(=O)NC2(C(=O)O)CCOC2)n1. The summed E-state index contributed by atoms with van der Waals surface area (Å²) in [5.74, 6) is -1.58. The van der Waals surface area contributed by atoms with Crippen molar-refractivity contribution in [2.45, 2.75) is 31.8 Å². The lowest BCUT2D eigenvalue weighted by molar-refractivity contribution is -0.144. The second kappa shape index (κ2) is 5.00. The number of hydrogen-bond donors (Lipinski definition) is 2. The third-order valence-corrected chi connectivity index (χ3v) is 3.15. The lowest BCUT2D eigenvalue weighted by atomic mass is 9.99. The number of carboxylic acid groups (broad SMARTS) is 1. The molecule has 1 aliphatic rings. The molecule has 1 fully saturated rings. The van der Waals surface area contributed by atoms with Gasteiger partial charge in [-0.05, 0) is 19.9 Å². The molecule has 7 nitrogen and oxygen atoms in total. The highest BCUT2D eigenvalue weighted by molar-refractivity contribution is 5.96. The van der Waals surface area contributed by atoms with Gasteiger partial charge in [0.1, 0.15) is 5.69 Å². The summed E-state index contributed by atoms with van der Waals surface area (Å²) in [5, 5.41) is 15.9. The number of hydrogen-bond acceptors (Lipinski definition) is 4. The van der Waals surface area contributed by atoms with Crippen LogP contribution in [0.4, 0.5) is 0 Å². The van der Waals surface area contributed by atoms with Gasteiger partial charge in [-0.3, -0.25) is 9.48 Å². The van der Waals surface area contributed by atoms with Crippen LogP contribution in [-0.2, 0) is 9.53 Å². The Morgan fingerprint density at radius 2 is 2.32 bits per heavy atom. The molecule has 104 valence electrons. The van der Waals surface area contributed by atoms with E-state index in [9.17, 15) is 14.7 Å². The average molecular weight is 267 g/mol. The molecule has 2 heterocycles. The minimum absolute atomic E-state index is 0.0149. The smallest absolute Gasteiger partial charge is 0.331 e. The van der Waals surface area contributed by atoms with Gasteiger partial charge in [0.05, 0.1) is 6.61 Å². The second-order valence-electron chi connectivity index (χ2n) is 4.92. The Bertz CT molecular complexity index is 489. The molecule has 1 aliphatic heterocycles. The van der Waals surface area contributed by atoms with Gasteiger partial charge in [-0.1, -0.05) is 0 Å². The fourth-order valence-electron chi connectivity index (χ4n) is 1.91. The number of nitrogens with zero attached hydrogens (tertiary/aromatic N) is 2. The van der Waals surface area contributed by atoms with E-state index in [0.717, 1.165) is 0 Å². The largest absolute Gasteiger partial charge is 0.479 e. The zero-order valence-corrected chi connectivity index (χ0v) is 10.9. The molecule has 1 unspecified atom stereocenters. The molecule has 0 aromatic carbocycles. The summed E-state index contributed by atoms with van der Waals surface area (Å²) in [6.45, 7) is 4.20. The minimum atomic E-state index is -1.33. The van der Waals surface area contributed by atoms with Crippen molar-refractivity contribution in [1.29, 1.82) is 0 Å². The molecule has 1 amide bonds.